The van der Waals surface area contributed by atoms with Crippen LogP contribution in [0.1, 0.15) is 19.8 Å². The van der Waals surface area contributed by atoms with Crippen molar-refractivity contribution in [3.8, 4) is 0 Å². The molecule has 0 aliphatic heterocycles. The molecule has 0 bridgehead atoms. The summed E-state index contributed by atoms with van der Waals surface area (Å²) < 4.78 is 0. The van der Waals surface area contributed by atoms with Crippen LogP contribution < -0.4 is 62.5 Å². The predicted octanol–water partition coefficient (Wildman–Crippen LogP) is -0.494. The van der Waals surface area contributed by atoms with Gasteiger partial charge in [0.1, 0.15) is 23.2 Å². The van der Waals surface area contributed by atoms with Crippen LogP contribution in [-0.4, -0.2) is 6.16 Å². The van der Waals surface area contributed by atoms with Crippen molar-refractivity contribution in [3.05, 3.63) is 97.1 Å². The van der Waals surface area contributed by atoms with Crippen LogP contribution in [-0.2, 0) is 0 Å². The molecule has 132 valence electrons. The van der Waals surface area contributed by atoms with E-state index in [9.17, 15) is 0 Å². The molecule has 0 saturated carbocycles. The number of benzene rings is 3. The molecule has 0 aliphatic carbocycles. The minimum atomic E-state index is -1.57. The van der Waals surface area contributed by atoms with E-state index in [4.69, 9.17) is 0 Å². The van der Waals surface area contributed by atoms with Gasteiger partial charge in [0, 0.05) is 0 Å². The summed E-state index contributed by atoms with van der Waals surface area (Å²) in [6.07, 6.45) is 3.72. The summed E-state index contributed by atoms with van der Waals surface area (Å²) in [5, 5.41) is 4.47. The first-order valence-corrected chi connectivity index (χ1v) is 10.4. The van der Waals surface area contributed by atoms with Crippen LogP contribution in [0.15, 0.2) is 91.0 Å². The molecular formula is C22H26BrNNaP. The average molecular weight is 438 g/mol. The summed E-state index contributed by atoms with van der Waals surface area (Å²) in [5.41, 5.74) is 0. The second-order valence-corrected chi connectivity index (χ2v) is 9.51. The first-order valence-electron chi connectivity index (χ1n) is 8.43. The predicted molar refractivity (Wildman–Crippen MR) is 110 cm³/mol. The Balaban J connectivity index is 0.00000208. The van der Waals surface area contributed by atoms with Gasteiger partial charge in [0.15, 0.2) is 0 Å². The van der Waals surface area contributed by atoms with Crippen LogP contribution in [0.25, 0.3) is 6.15 Å². The second kappa shape index (κ2) is 12.8. The van der Waals surface area contributed by atoms with Gasteiger partial charge in [0.25, 0.3) is 0 Å². The van der Waals surface area contributed by atoms with E-state index in [1.165, 1.54) is 34.9 Å². The van der Waals surface area contributed by atoms with Gasteiger partial charge in [-0.1, -0.05) is 67.9 Å². The summed E-state index contributed by atoms with van der Waals surface area (Å²) in [4.78, 5) is 0. The van der Waals surface area contributed by atoms with Crippen LogP contribution in [0.3, 0.4) is 0 Å². The van der Waals surface area contributed by atoms with E-state index in [1.807, 2.05) is 0 Å². The van der Waals surface area contributed by atoms with Gasteiger partial charge >= 0.3 is 29.6 Å². The van der Waals surface area contributed by atoms with Gasteiger partial charge in [-0.15, -0.1) is 0 Å². The number of hydrogen-bond donors (Lipinski definition) is 0. The SMILES string of the molecule is CCCC[P+](c1ccccc1)(c1ccccc1)c1ccccc1.[Br-].[NH2-].[Na+]. The Morgan fingerprint density at radius 1 is 0.615 bits per heavy atom. The molecule has 1 nitrogen and oxygen atoms in total. The molecule has 3 rings (SSSR count). The molecule has 3 aromatic rings. The molecule has 0 radical (unpaired) electrons. The molecule has 26 heavy (non-hydrogen) atoms. The average Bonchev–Trinajstić information content (AvgIpc) is 2.65. The minimum absolute atomic E-state index is 0. The van der Waals surface area contributed by atoms with E-state index in [1.54, 1.807) is 0 Å². The van der Waals surface area contributed by atoms with Crippen LogP contribution in [0, 0.1) is 0 Å². The van der Waals surface area contributed by atoms with E-state index in [2.05, 4.69) is 97.9 Å². The van der Waals surface area contributed by atoms with E-state index >= 15 is 0 Å². The molecule has 0 saturated heterocycles. The summed E-state index contributed by atoms with van der Waals surface area (Å²) in [6.45, 7) is 2.29. The molecule has 0 fully saturated rings. The summed E-state index contributed by atoms with van der Waals surface area (Å²) in [7, 11) is -1.57. The summed E-state index contributed by atoms with van der Waals surface area (Å²) >= 11 is 0. The first kappa shape index (κ1) is 25.5. The van der Waals surface area contributed by atoms with Gasteiger partial charge in [0.05, 0.1) is 6.16 Å². The molecular weight excluding hydrogens is 412 g/mol. The Morgan fingerprint density at radius 2 is 0.923 bits per heavy atom. The van der Waals surface area contributed by atoms with Gasteiger partial charge in [0.2, 0.25) is 0 Å². The van der Waals surface area contributed by atoms with Crippen molar-refractivity contribution in [1.82, 2.24) is 0 Å². The smallest absolute Gasteiger partial charge is 1.00 e. The normalized spacial score (nSPS) is 10.0. The van der Waals surface area contributed by atoms with Crippen molar-refractivity contribution in [2.24, 2.45) is 0 Å². The zero-order chi connectivity index (χ0) is 16.0. The van der Waals surface area contributed by atoms with Crippen molar-refractivity contribution in [2.75, 3.05) is 6.16 Å². The van der Waals surface area contributed by atoms with Crippen molar-refractivity contribution in [2.45, 2.75) is 19.8 Å². The number of unbranched alkanes of at least 4 members (excludes halogenated alkanes) is 1. The molecule has 3 aromatic carbocycles. The molecule has 4 heteroatoms. The Morgan fingerprint density at radius 3 is 1.19 bits per heavy atom. The van der Waals surface area contributed by atoms with E-state index in [0.29, 0.717) is 0 Å². The quantitative estimate of drug-likeness (QED) is 0.368. The zero-order valence-corrected chi connectivity index (χ0v) is 20.2. The minimum Gasteiger partial charge on any atom is -1.00 e. The van der Waals surface area contributed by atoms with Crippen molar-refractivity contribution >= 4 is 23.2 Å². The Kier molecular flexibility index (Phi) is 12.6. The maximum atomic E-state index is 2.32. The largest absolute Gasteiger partial charge is 1.00 e. The fourth-order valence-corrected chi connectivity index (χ4v) is 7.78. The summed E-state index contributed by atoms with van der Waals surface area (Å²) in [6, 6.07) is 33.4. The maximum absolute atomic E-state index is 2.32. The second-order valence-electron chi connectivity index (χ2n) is 5.89. The summed E-state index contributed by atoms with van der Waals surface area (Å²) in [5.74, 6) is 0. The topological polar surface area (TPSA) is 33.5 Å². The van der Waals surface area contributed by atoms with Gasteiger partial charge in [-0.2, -0.15) is 0 Å². The third-order valence-electron chi connectivity index (χ3n) is 4.44. The Hall–Kier alpha value is -0.470. The van der Waals surface area contributed by atoms with Crippen LogP contribution >= 0.6 is 7.26 Å². The Labute approximate surface area is 191 Å². The van der Waals surface area contributed by atoms with E-state index in [0.717, 1.165) is 0 Å². The molecule has 0 atom stereocenters. The molecule has 0 aromatic heterocycles. The van der Waals surface area contributed by atoms with Crippen LogP contribution in [0.4, 0.5) is 0 Å². The number of rotatable bonds is 6. The van der Waals surface area contributed by atoms with Crippen LogP contribution in [0.5, 0.6) is 0 Å². The number of nitrogens with two attached hydrogens (primary N) is 1. The number of halogens is 1. The fourth-order valence-electron chi connectivity index (χ4n) is 3.28. The van der Waals surface area contributed by atoms with Gasteiger partial charge in [-0.3, -0.25) is 0 Å². The third-order valence-corrected chi connectivity index (χ3v) is 8.96. The molecule has 0 spiro atoms. The van der Waals surface area contributed by atoms with Crippen molar-refractivity contribution in [1.29, 1.82) is 0 Å². The van der Waals surface area contributed by atoms with Gasteiger partial charge < -0.3 is 23.1 Å². The molecule has 0 amide bonds. The fraction of sp³-hybridized carbons (Fsp3) is 0.182. The zero-order valence-electron chi connectivity index (χ0n) is 15.7. The van der Waals surface area contributed by atoms with Crippen molar-refractivity contribution < 1.29 is 46.5 Å². The van der Waals surface area contributed by atoms with Crippen molar-refractivity contribution in [3.63, 3.8) is 0 Å². The van der Waals surface area contributed by atoms with Crippen LogP contribution in [0.2, 0.25) is 0 Å². The monoisotopic (exact) mass is 437 g/mol. The molecule has 2 N–H and O–H groups in total. The maximum Gasteiger partial charge on any atom is 1.00 e. The van der Waals surface area contributed by atoms with Gasteiger partial charge in [-0.25, -0.2) is 0 Å². The Bertz CT molecular complexity index is 626. The molecule has 0 heterocycles. The standard InChI is InChI=1S/C22H24P.BrH.H2N.Na/c1-2-3-19-23(20-13-7-4-8-14-20,21-15-9-5-10-16-21)22-17-11-6-12-18-22;;;/h4-18H,2-3,19H2,1H3;1H;1H2;/q+1;;-1;+1/p-1. The molecule has 0 unspecified atom stereocenters. The van der Waals surface area contributed by atoms with Gasteiger partial charge in [-0.05, 0) is 42.8 Å². The number of hydrogen-bond acceptors (Lipinski definition) is 0. The first-order chi connectivity index (χ1) is 11.4. The van der Waals surface area contributed by atoms with E-state index in [-0.39, 0.29) is 52.7 Å². The molecule has 0 aliphatic rings. The van der Waals surface area contributed by atoms with E-state index < -0.39 is 7.26 Å². The third kappa shape index (κ3) is 5.52.